The summed E-state index contributed by atoms with van der Waals surface area (Å²) in [4.78, 5) is 23.4. The summed E-state index contributed by atoms with van der Waals surface area (Å²) in [6.45, 7) is 1.72. The van der Waals surface area contributed by atoms with Crippen LogP contribution in [0.3, 0.4) is 0 Å². The molecule has 0 heterocycles. The maximum absolute atomic E-state index is 12.4. The maximum Gasteiger partial charge on any atom is 0.273 e. The molecule has 2 aromatic carbocycles. The number of nitrogens with zero attached hydrogens (tertiary/aromatic N) is 1. The summed E-state index contributed by atoms with van der Waals surface area (Å²) >= 11 is 13.3. The number of hydrogen-bond donors (Lipinski definition) is 1. The van der Waals surface area contributed by atoms with Crippen molar-refractivity contribution >= 4 is 52.2 Å². The van der Waals surface area contributed by atoms with Crippen LogP contribution in [0.25, 0.3) is 0 Å². The van der Waals surface area contributed by atoms with Gasteiger partial charge >= 0.3 is 0 Å². The van der Waals surface area contributed by atoms with Gasteiger partial charge in [-0.15, -0.1) is 11.8 Å². The van der Waals surface area contributed by atoms with Crippen molar-refractivity contribution in [2.75, 3.05) is 12.4 Å². The van der Waals surface area contributed by atoms with E-state index in [0.29, 0.717) is 20.6 Å². The Morgan fingerprint density at radius 1 is 1.28 bits per heavy atom. The van der Waals surface area contributed by atoms with E-state index in [1.807, 2.05) is 0 Å². The van der Waals surface area contributed by atoms with Gasteiger partial charge in [-0.3, -0.25) is 14.9 Å². The zero-order valence-electron chi connectivity index (χ0n) is 13.3. The van der Waals surface area contributed by atoms with Crippen LogP contribution in [0.2, 0.25) is 10.0 Å². The Hall–Kier alpha value is -1.96. The molecule has 0 saturated carbocycles. The van der Waals surface area contributed by atoms with Crippen molar-refractivity contribution in [2.24, 2.45) is 0 Å². The third kappa shape index (κ3) is 5.01. The first-order valence-corrected chi connectivity index (χ1v) is 8.70. The van der Waals surface area contributed by atoms with Crippen molar-refractivity contribution in [2.45, 2.75) is 17.1 Å². The molecule has 9 heteroatoms. The number of hydrogen-bond acceptors (Lipinski definition) is 5. The Labute approximate surface area is 158 Å². The van der Waals surface area contributed by atoms with Gasteiger partial charge in [0.25, 0.3) is 5.69 Å². The molecule has 0 spiro atoms. The van der Waals surface area contributed by atoms with E-state index in [0.717, 1.165) is 0 Å². The smallest absolute Gasteiger partial charge is 0.273 e. The number of carbonyl (C=O) groups excluding carboxylic acids is 1. The average Bonchev–Trinajstić information content (AvgIpc) is 2.58. The van der Waals surface area contributed by atoms with E-state index >= 15 is 0 Å². The SMILES string of the molecule is COc1cc([N+](=O)[O-])ccc1NC(=O)[C@@H](C)Sc1cc(Cl)ccc1Cl. The molecule has 6 nitrogen and oxygen atoms in total. The zero-order valence-corrected chi connectivity index (χ0v) is 15.6. The van der Waals surface area contributed by atoms with E-state index in [-0.39, 0.29) is 17.3 Å². The third-order valence-electron chi connectivity index (χ3n) is 3.22. The molecule has 0 aliphatic carbocycles. The number of benzene rings is 2. The summed E-state index contributed by atoms with van der Waals surface area (Å²) in [5, 5.41) is 14.1. The van der Waals surface area contributed by atoms with Crippen LogP contribution < -0.4 is 10.1 Å². The Morgan fingerprint density at radius 3 is 2.64 bits per heavy atom. The molecule has 0 aromatic heterocycles. The summed E-state index contributed by atoms with van der Waals surface area (Å²) < 4.78 is 5.11. The quantitative estimate of drug-likeness (QED) is 0.417. The first-order chi connectivity index (χ1) is 11.8. The molecular weight excluding hydrogens is 387 g/mol. The van der Waals surface area contributed by atoms with E-state index in [2.05, 4.69) is 5.32 Å². The Bertz CT molecular complexity index is 817. The lowest BCUT2D eigenvalue weighted by atomic mass is 10.2. The van der Waals surface area contributed by atoms with Gasteiger partial charge in [-0.25, -0.2) is 0 Å². The molecule has 0 unspecified atom stereocenters. The van der Waals surface area contributed by atoms with E-state index in [1.54, 1.807) is 25.1 Å². The second kappa shape index (κ2) is 8.42. The fraction of sp³-hybridized carbons (Fsp3) is 0.188. The van der Waals surface area contributed by atoms with Gasteiger partial charge in [0.05, 0.1) is 34.1 Å². The standard InChI is InChI=1S/C16H14Cl2N2O4S/c1-9(25-15-7-10(17)3-5-12(15)18)16(21)19-13-6-4-11(20(22)23)8-14(13)24-2/h3-9H,1-2H3,(H,19,21)/t9-/m1/s1. The minimum atomic E-state index is -0.534. The van der Waals surface area contributed by atoms with Gasteiger partial charge in [0.2, 0.25) is 5.91 Å². The van der Waals surface area contributed by atoms with Crippen molar-refractivity contribution < 1.29 is 14.5 Å². The highest BCUT2D eigenvalue weighted by molar-refractivity contribution is 8.00. The predicted molar refractivity (Wildman–Crippen MR) is 100 cm³/mol. The number of anilines is 1. The van der Waals surface area contributed by atoms with Crippen LogP contribution in [0, 0.1) is 10.1 Å². The Kier molecular flexibility index (Phi) is 6.52. The van der Waals surface area contributed by atoms with Crippen LogP contribution in [-0.4, -0.2) is 23.2 Å². The molecule has 0 aliphatic rings. The lowest BCUT2D eigenvalue weighted by Crippen LogP contribution is -2.22. The monoisotopic (exact) mass is 400 g/mol. The fourth-order valence-electron chi connectivity index (χ4n) is 1.94. The predicted octanol–water partition coefficient (Wildman–Crippen LogP) is 5.03. The van der Waals surface area contributed by atoms with E-state index in [9.17, 15) is 14.9 Å². The second-order valence-corrected chi connectivity index (χ2v) is 7.19. The first-order valence-electron chi connectivity index (χ1n) is 7.07. The van der Waals surface area contributed by atoms with Crippen LogP contribution in [0.5, 0.6) is 5.75 Å². The highest BCUT2D eigenvalue weighted by atomic mass is 35.5. The molecule has 2 aromatic rings. The van der Waals surface area contributed by atoms with Crippen molar-refractivity contribution in [1.82, 2.24) is 0 Å². The normalized spacial score (nSPS) is 11.7. The number of amides is 1. The van der Waals surface area contributed by atoms with Gasteiger partial charge in [0.15, 0.2) is 0 Å². The summed E-state index contributed by atoms with van der Waals surface area (Å²) in [6, 6.07) is 8.99. The molecular formula is C16H14Cl2N2O4S. The lowest BCUT2D eigenvalue weighted by molar-refractivity contribution is -0.384. The topological polar surface area (TPSA) is 81.5 Å². The minimum Gasteiger partial charge on any atom is -0.494 e. The maximum atomic E-state index is 12.4. The third-order valence-corrected chi connectivity index (χ3v) is 5.06. The molecule has 0 aliphatic heterocycles. The molecule has 1 N–H and O–H groups in total. The number of nitro benzene ring substituents is 1. The van der Waals surface area contributed by atoms with Crippen molar-refractivity contribution in [3.63, 3.8) is 0 Å². The number of carbonyl (C=O) groups is 1. The van der Waals surface area contributed by atoms with Crippen LogP contribution in [0.1, 0.15) is 6.92 Å². The number of non-ortho nitro benzene ring substituents is 1. The minimum absolute atomic E-state index is 0.122. The zero-order chi connectivity index (χ0) is 18.6. The lowest BCUT2D eigenvalue weighted by Gasteiger charge is -2.15. The molecule has 25 heavy (non-hydrogen) atoms. The number of nitrogens with one attached hydrogen (secondary N) is 1. The molecule has 2 rings (SSSR count). The van der Waals surface area contributed by atoms with E-state index in [1.165, 1.54) is 37.1 Å². The highest BCUT2D eigenvalue weighted by Crippen LogP contribution is 2.34. The molecule has 0 radical (unpaired) electrons. The van der Waals surface area contributed by atoms with Crippen molar-refractivity contribution in [3.8, 4) is 5.75 Å². The molecule has 0 bridgehead atoms. The number of methoxy groups -OCH3 is 1. The summed E-state index contributed by atoms with van der Waals surface area (Å²) in [5.74, 6) is -0.0891. The average molecular weight is 401 g/mol. The van der Waals surface area contributed by atoms with Gasteiger partial charge < -0.3 is 10.1 Å². The number of thioether (sulfide) groups is 1. The second-order valence-electron chi connectivity index (χ2n) is 4.97. The molecule has 132 valence electrons. The number of nitro groups is 1. The number of ether oxygens (including phenoxy) is 1. The summed E-state index contributed by atoms with van der Waals surface area (Å²) in [7, 11) is 1.37. The summed E-state index contributed by atoms with van der Waals surface area (Å²) in [6.07, 6.45) is 0. The highest BCUT2D eigenvalue weighted by Gasteiger charge is 2.19. The van der Waals surface area contributed by atoms with Gasteiger partial charge in [0.1, 0.15) is 5.75 Å². The molecule has 0 saturated heterocycles. The van der Waals surface area contributed by atoms with E-state index in [4.69, 9.17) is 27.9 Å². The number of rotatable bonds is 6. The van der Waals surface area contributed by atoms with Crippen LogP contribution in [0.4, 0.5) is 11.4 Å². The molecule has 0 fully saturated rings. The Morgan fingerprint density at radius 2 is 2.00 bits per heavy atom. The van der Waals surface area contributed by atoms with Crippen LogP contribution >= 0.6 is 35.0 Å². The molecule has 1 atom stereocenters. The summed E-state index contributed by atoms with van der Waals surface area (Å²) in [5.41, 5.74) is 0.228. The van der Waals surface area contributed by atoms with Crippen LogP contribution in [0.15, 0.2) is 41.3 Å². The van der Waals surface area contributed by atoms with Crippen molar-refractivity contribution in [3.05, 3.63) is 56.6 Å². The van der Waals surface area contributed by atoms with Crippen LogP contribution in [-0.2, 0) is 4.79 Å². The van der Waals surface area contributed by atoms with Gasteiger partial charge in [-0.2, -0.15) is 0 Å². The van der Waals surface area contributed by atoms with Crippen molar-refractivity contribution in [1.29, 1.82) is 0 Å². The van der Waals surface area contributed by atoms with Gasteiger partial charge in [-0.1, -0.05) is 23.2 Å². The van der Waals surface area contributed by atoms with Gasteiger partial charge in [0, 0.05) is 16.0 Å². The first kappa shape index (κ1) is 19.4. The molecule has 1 amide bonds. The van der Waals surface area contributed by atoms with E-state index < -0.39 is 10.2 Å². The number of halogens is 2. The largest absolute Gasteiger partial charge is 0.494 e. The Balaban J connectivity index is 2.13. The fourth-order valence-corrected chi connectivity index (χ4v) is 3.35. The van der Waals surface area contributed by atoms with Gasteiger partial charge in [-0.05, 0) is 31.2 Å².